The average Bonchev–Trinajstić information content (AvgIpc) is 2.87. The second kappa shape index (κ2) is 5.62. The van der Waals surface area contributed by atoms with Crippen LogP contribution >= 0.6 is 0 Å². The Morgan fingerprint density at radius 1 is 1.25 bits per heavy atom. The summed E-state index contributed by atoms with van der Waals surface area (Å²) in [5.74, 6) is 0. The minimum Gasteiger partial charge on any atom is -0.380 e. The number of nitrogens with zero attached hydrogens (tertiary/aromatic N) is 1. The first-order chi connectivity index (χ1) is 9.69. The SMILES string of the molecule is CN(C)c1ccccc1NC1CCOC2(CCOC2)C1. The summed E-state index contributed by atoms with van der Waals surface area (Å²) in [7, 11) is 4.16. The summed E-state index contributed by atoms with van der Waals surface area (Å²) >= 11 is 0. The molecule has 3 rings (SSSR count). The van der Waals surface area contributed by atoms with E-state index in [1.54, 1.807) is 0 Å². The number of benzene rings is 1. The summed E-state index contributed by atoms with van der Waals surface area (Å²) in [6.45, 7) is 2.41. The van der Waals surface area contributed by atoms with Crippen molar-refractivity contribution in [3.8, 4) is 0 Å². The van der Waals surface area contributed by atoms with Crippen molar-refractivity contribution in [3.63, 3.8) is 0 Å². The fourth-order valence-electron chi connectivity index (χ4n) is 3.22. The van der Waals surface area contributed by atoms with E-state index in [4.69, 9.17) is 9.47 Å². The zero-order valence-corrected chi connectivity index (χ0v) is 12.4. The minimum atomic E-state index is -0.0387. The Balaban J connectivity index is 1.71. The van der Waals surface area contributed by atoms with Crippen LogP contribution in [0.1, 0.15) is 19.3 Å². The van der Waals surface area contributed by atoms with E-state index in [2.05, 4.69) is 48.6 Å². The molecule has 0 bridgehead atoms. The fourth-order valence-corrected chi connectivity index (χ4v) is 3.22. The van der Waals surface area contributed by atoms with E-state index in [-0.39, 0.29) is 5.60 Å². The summed E-state index contributed by atoms with van der Waals surface area (Å²) in [6, 6.07) is 8.94. The highest BCUT2D eigenvalue weighted by Gasteiger charge is 2.41. The lowest BCUT2D eigenvalue weighted by Gasteiger charge is -2.38. The van der Waals surface area contributed by atoms with Crippen molar-refractivity contribution < 1.29 is 9.47 Å². The summed E-state index contributed by atoms with van der Waals surface area (Å²) in [5, 5.41) is 3.70. The Kier molecular flexibility index (Phi) is 3.85. The largest absolute Gasteiger partial charge is 0.380 e. The van der Waals surface area contributed by atoms with Crippen LogP contribution in [0.15, 0.2) is 24.3 Å². The molecule has 0 saturated carbocycles. The van der Waals surface area contributed by atoms with Crippen molar-refractivity contribution in [3.05, 3.63) is 24.3 Å². The van der Waals surface area contributed by atoms with Crippen molar-refractivity contribution in [2.75, 3.05) is 44.1 Å². The van der Waals surface area contributed by atoms with Gasteiger partial charge in [0.1, 0.15) is 0 Å². The van der Waals surface area contributed by atoms with E-state index in [0.29, 0.717) is 6.04 Å². The van der Waals surface area contributed by atoms with Crippen LogP contribution in [0, 0.1) is 0 Å². The van der Waals surface area contributed by atoms with Gasteiger partial charge in [-0.05, 0) is 25.0 Å². The average molecular weight is 276 g/mol. The highest BCUT2D eigenvalue weighted by atomic mass is 16.6. The number of hydrogen-bond acceptors (Lipinski definition) is 4. The zero-order chi connectivity index (χ0) is 14.0. The molecule has 2 heterocycles. The smallest absolute Gasteiger partial charge is 0.0956 e. The van der Waals surface area contributed by atoms with Crippen LogP contribution in [-0.4, -0.2) is 45.6 Å². The maximum absolute atomic E-state index is 6.00. The molecule has 0 aromatic heterocycles. The van der Waals surface area contributed by atoms with Gasteiger partial charge in [0.05, 0.1) is 23.6 Å². The summed E-state index contributed by atoms with van der Waals surface area (Å²) < 4.78 is 11.5. The van der Waals surface area contributed by atoms with E-state index < -0.39 is 0 Å². The van der Waals surface area contributed by atoms with Crippen LogP contribution < -0.4 is 10.2 Å². The molecular formula is C16H24N2O2. The molecule has 0 radical (unpaired) electrons. The Bertz CT molecular complexity index is 456. The molecule has 110 valence electrons. The maximum atomic E-state index is 6.00. The topological polar surface area (TPSA) is 33.7 Å². The minimum absolute atomic E-state index is 0.0387. The first-order valence-electron chi connectivity index (χ1n) is 7.43. The van der Waals surface area contributed by atoms with Gasteiger partial charge < -0.3 is 19.7 Å². The molecule has 2 aliphatic heterocycles. The maximum Gasteiger partial charge on any atom is 0.0956 e. The van der Waals surface area contributed by atoms with Gasteiger partial charge in [-0.25, -0.2) is 0 Å². The van der Waals surface area contributed by atoms with Gasteiger partial charge in [0.25, 0.3) is 0 Å². The van der Waals surface area contributed by atoms with E-state index in [1.165, 1.54) is 11.4 Å². The lowest BCUT2D eigenvalue weighted by molar-refractivity contribution is -0.0828. The molecule has 2 saturated heterocycles. The third-order valence-electron chi connectivity index (χ3n) is 4.31. The summed E-state index contributed by atoms with van der Waals surface area (Å²) in [6.07, 6.45) is 3.12. The van der Waals surface area contributed by atoms with Gasteiger partial charge in [0, 0.05) is 39.8 Å². The first-order valence-corrected chi connectivity index (χ1v) is 7.43. The molecule has 1 aromatic rings. The van der Waals surface area contributed by atoms with E-state index in [1.807, 2.05) is 0 Å². The molecule has 20 heavy (non-hydrogen) atoms. The van der Waals surface area contributed by atoms with Gasteiger partial charge in [0.15, 0.2) is 0 Å². The molecule has 0 aliphatic carbocycles. The highest BCUT2D eigenvalue weighted by molar-refractivity contribution is 5.69. The predicted molar refractivity (Wildman–Crippen MR) is 81.5 cm³/mol. The third-order valence-corrected chi connectivity index (χ3v) is 4.31. The van der Waals surface area contributed by atoms with Gasteiger partial charge in [-0.2, -0.15) is 0 Å². The molecule has 2 fully saturated rings. The second-order valence-corrected chi connectivity index (χ2v) is 6.08. The van der Waals surface area contributed by atoms with Crippen LogP contribution in [0.4, 0.5) is 11.4 Å². The Labute approximate surface area is 121 Å². The highest BCUT2D eigenvalue weighted by Crippen LogP contribution is 2.35. The standard InChI is InChI=1S/C16H24N2O2/c1-18(2)15-6-4-3-5-14(15)17-13-7-9-20-16(11-13)8-10-19-12-16/h3-6,13,17H,7-12H2,1-2H3. The van der Waals surface area contributed by atoms with E-state index in [9.17, 15) is 0 Å². The Morgan fingerprint density at radius 3 is 2.85 bits per heavy atom. The van der Waals surface area contributed by atoms with Gasteiger partial charge in [-0.3, -0.25) is 0 Å². The van der Waals surface area contributed by atoms with Crippen molar-refractivity contribution >= 4 is 11.4 Å². The van der Waals surface area contributed by atoms with Crippen molar-refractivity contribution in [2.24, 2.45) is 0 Å². The monoisotopic (exact) mass is 276 g/mol. The zero-order valence-electron chi connectivity index (χ0n) is 12.4. The van der Waals surface area contributed by atoms with Crippen molar-refractivity contribution in [1.82, 2.24) is 0 Å². The normalized spacial score (nSPS) is 29.6. The van der Waals surface area contributed by atoms with E-state index in [0.717, 1.165) is 39.1 Å². The van der Waals surface area contributed by atoms with Crippen LogP contribution in [0.2, 0.25) is 0 Å². The number of rotatable bonds is 3. The summed E-state index contributed by atoms with van der Waals surface area (Å²) in [4.78, 5) is 2.15. The van der Waals surface area contributed by atoms with E-state index >= 15 is 0 Å². The number of ether oxygens (including phenoxy) is 2. The number of para-hydroxylation sites is 2. The molecular weight excluding hydrogens is 252 g/mol. The Morgan fingerprint density at radius 2 is 2.10 bits per heavy atom. The van der Waals surface area contributed by atoms with Gasteiger partial charge in [-0.1, -0.05) is 12.1 Å². The molecule has 2 unspecified atom stereocenters. The molecule has 1 spiro atoms. The van der Waals surface area contributed by atoms with Crippen LogP contribution in [0.5, 0.6) is 0 Å². The van der Waals surface area contributed by atoms with Crippen LogP contribution in [0.25, 0.3) is 0 Å². The molecule has 4 nitrogen and oxygen atoms in total. The van der Waals surface area contributed by atoms with Crippen molar-refractivity contribution in [2.45, 2.75) is 30.9 Å². The third kappa shape index (κ3) is 2.76. The van der Waals surface area contributed by atoms with Crippen LogP contribution in [0.3, 0.4) is 0 Å². The molecule has 1 N–H and O–H groups in total. The quantitative estimate of drug-likeness (QED) is 0.919. The number of nitrogens with one attached hydrogen (secondary N) is 1. The lowest BCUT2D eigenvalue weighted by Crippen LogP contribution is -2.45. The van der Waals surface area contributed by atoms with Gasteiger partial charge in [0.2, 0.25) is 0 Å². The van der Waals surface area contributed by atoms with Gasteiger partial charge in [-0.15, -0.1) is 0 Å². The number of hydrogen-bond donors (Lipinski definition) is 1. The molecule has 2 atom stereocenters. The first kappa shape index (κ1) is 13.7. The number of anilines is 2. The second-order valence-electron chi connectivity index (χ2n) is 6.08. The molecule has 1 aromatic carbocycles. The molecule has 2 aliphatic rings. The predicted octanol–water partition coefficient (Wildman–Crippen LogP) is 2.50. The fraction of sp³-hybridized carbons (Fsp3) is 0.625. The van der Waals surface area contributed by atoms with Gasteiger partial charge >= 0.3 is 0 Å². The van der Waals surface area contributed by atoms with Crippen LogP contribution in [-0.2, 0) is 9.47 Å². The van der Waals surface area contributed by atoms with Crippen molar-refractivity contribution in [1.29, 1.82) is 0 Å². The summed E-state index contributed by atoms with van der Waals surface area (Å²) in [5.41, 5.74) is 2.40. The Hall–Kier alpha value is -1.26. The lowest BCUT2D eigenvalue weighted by atomic mass is 9.89. The molecule has 0 amide bonds. The molecule has 4 heteroatoms.